The Morgan fingerprint density at radius 2 is 1.43 bits per heavy atom. The highest BCUT2D eigenvalue weighted by Gasteiger charge is 2.27. The summed E-state index contributed by atoms with van der Waals surface area (Å²) >= 11 is 0. The Hall–Kier alpha value is -2.57. The molecule has 0 amide bonds. The molecule has 2 aromatic carbocycles. The van der Waals surface area contributed by atoms with E-state index in [9.17, 15) is 0 Å². The van der Waals surface area contributed by atoms with Crippen LogP contribution in [0.1, 0.15) is 36.3 Å². The normalized spacial score (nSPS) is 16.9. The highest BCUT2D eigenvalue weighted by molar-refractivity contribution is 5.16. The Kier molecular flexibility index (Phi) is 6.09. The first kappa shape index (κ1) is 18.8. The number of benzene rings is 2. The third kappa shape index (κ3) is 4.46. The van der Waals surface area contributed by atoms with Crippen molar-refractivity contribution in [3.05, 3.63) is 77.6 Å². The molecule has 0 N–H and O–H groups in total. The molecule has 1 aliphatic heterocycles. The van der Waals surface area contributed by atoms with E-state index in [1.54, 1.807) is 0 Å². The van der Waals surface area contributed by atoms with E-state index >= 15 is 0 Å². The number of aromatic nitrogens is 4. The highest BCUT2D eigenvalue weighted by atomic mass is 15.6. The third-order valence-electron chi connectivity index (χ3n) is 5.52. The molecule has 0 spiro atoms. The zero-order valence-electron chi connectivity index (χ0n) is 16.5. The average molecular weight is 377 g/mol. The van der Waals surface area contributed by atoms with Gasteiger partial charge >= 0.3 is 0 Å². The van der Waals surface area contributed by atoms with Crippen molar-refractivity contribution in [1.29, 1.82) is 0 Å². The van der Waals surface area contributed by atoms with Gasteiger partial charge < -0.3 is 0 Å². The summed E-state index contributed by atoms with van der Waals surface area (Å²) in [4.78, 5) is 5.07. The van der Waals surface area contributed by atoms with Gasteiger partial charge in [0.25, 0.3) is 0 Å². The van der Waals surface area contributed by atoms with Gasteiger partial charge in [-0.05, 0) is 28.0 Å². The molecule has 0 bridgehead atoms. The molecule has 2 heterocycles. The summed E-state index contributed by atoms with van der Waals surface area (Å²) in [5.74, 6) is 0.975. The van der Waals surface area contributed by atoms with Crippen LogP contribution >= 0.6 is 0 Å². The molecule has 1 atom stereocenters. The van der Waals surface area contributed by atoms with E-state index in [4.69, 9.17) is 0 Å². The molecular weight excluding hydrogens is 348 g/mol. The molecule has 6 heteroatoms. The maximum Gasteiger partial charge on any atom is 0.168 e. The van der Waals surface area contributed by atoms with Crippen molar-refractivity contribution in [3.63, 3.8) is 0 Å². The van der Waals surface area contributed by atoms with Crippen molar-refractivity contribution in [2.24, 2.45) is 0 Å². The van der Waals surface area contributed by atoms with Crippen molar-refractivity contribution >= 4 is 0 Å². The minimum atomic E-state index is 0.262. The molecule has 0 aliphatic carbocycles. The van der Waals surface area contributed by atoms with E-state index in [1.807, 2.05) is 10.7 Å². The van der Waals surface area contributed by atoms with Crippen molar-refractivity contribution in [1.82, 2.24) is 30.0 Å². The highest BCUT2D eigenvalue weighted by Crippen LogP contribution is 2.24. The van der Waals surface area contributed by atoms with Crippen molar-refractivity contribution in [3.8, 4) is 0 Å². The van der Waals surface area contributed by atoms with Gasteiger partial charge in [0, 0.05) is 32.7 Å². The molecule has 1 saturated heterocycles. The Balaban J connectivity index is 1.39. The second-order valence-corrected chi connectivity index (χ2v) is 7.40. The Bertz CT molecular complexity index is 840. The lowest BCUT2D eigenvalue weighted by Crippen LogP contribution is -2.47. The molecule has 28 heavy (non-hydrogen) atoms. The van der Waals surface area contributed by atoms with Gasteiger partial charge in [-0.3, -0.25) is 9.80 Å². The summed E-state index contributed by atoms with van der Waals surface area (Å²) in [6, 6.07) is 21.4. The SMILES string of the molecule is CCC(c1nnnn1Cc1ccccc1)N1CCN(Cc2ccccc2)CC1. The smallest absolute Gasteiger partial charge is 0.168 e. The zero-order chi connectivity index (χ0) is 19.2. The molecule has 146 valence electrons. The van der Waals surface area contributed by atoms with Crippen LogP contribution in [0.15, 0.2) is 60.7 Å². The first-order chi connectivity index (χ1) is 13.8. The molecule has 3 aromatic rings. The summed E-state index contributed by atoms with van der Waals surface area (Å²) in [7, 11) is 0. The van der Waals surface area contributed by atoms with Crippen LogP contribution in [0.3, 0.4) is 0 Å². The first-order valence-corrected chi connectivity index (χ1v) is 10.1. The van der Waals surface area contributed by atoms with E-state index in [-0.39, 0.29) is 6.04 Å². The lowest BCUT2D eigenvalue weighted by molar-refractivity contribution is 0.0844. The average Bonchev–Trinajstić information content (AvgIpc) is 3.19. The summed E-state index contributed by atoms with van der Waals surface area (Å²) in [6.07, 6.45) is 1.01. The van der Waals surface area contributed by atoms with Crippen LogP contribution in [-0.2, 0) is 13.1 Å². The number of rotatable bonds is 7. The molecule has 0 saturated carbocycles. The van der Waals surface area contributed by atoms with Crippen LogP contribution < -0.4 is 0 Å². The monoisotopic (exact) mass is 376 g/mol. The Morgan fingerprint density at radius 3 is 2.04 bits per heavy atom. The van der Waals surface area contributed by atoms with Gasteiger partial charge in [0.2, 0.25) is 0 Å². The van der Waals surface area contributed by atoms with Gasteiger partial charge in [0.15, 0.2) is 5.82 Å². The standard InChI is InChI=1S/C22H28N6/c1-2-21(22-23-24-25-28(22)18-20-11-7-4-8-12-20)27-15-13-26(14-16-27)17-19-9-5-3-6-10-19/h3-12,21H,2,13-18H2,1H3. The predicted molar refractivity (Wildman–Crippen MR) is 110 cm³/mol. The zero-order valence-corrected chi connectivity index (χ0v) is 16.5. The quantitative estimate of drug-likeness (QED) is 0.634. The molecule has 6 nitrogen and oxygen atoms in total. The molecular formula is C22H28N6. The van der Waals surface area contributed by atoms with Crippen LogP contribution in [0.4, 0.5) is 0 Å². The largest absolute Gasteiger partial charge is 0.297 e. The van der Waals surface area contributed by atoms with Crippen molar-refractivity contribution in [2.75, 3.05) is 26.2 Å². The fourth-order valence-corrected chi connectivity index (χ4v) is 4.00. The number of hydrogen-bond donors (Lipinski definition) is 0. The van der Waals surface area contributed by atoms with Gasteiger partial charge in [-0.2, -0.15) is 0 Å². The maximum absolute atomic E-state index is 4.39. The summed E-state index contributed by atoms with van der Waals surface area (Å²) in [5.41, 5.74) is 2.60. The minimum Gasteiger partial charge on any atom is -0.297 e. The predicted octanol–water partition coefficient (Wildman–Crippen LogP) is 2.99. The van der Waals surface area contributed by atoms with E-state index in [0.717, 1.165) is 45.0 Å². The second kappa shape index (κ2) is 9.08. The number of piperazine rings is 1. The first-order valence-electron chi connectivity index (χ1n) is 10.1. The lowest BCUT2D eigenvalue weighted by atomic mass is 10.1. The third-order valence-corrected chi connectivity index (χ3v) is 5.52. The molecule has 1 unspecified atom stereocenters. The van der Waals surface area contributed by atoms with Gasteiger partial charge in [0.05, 0.1) is 12.6 Å². The van der Waals surface area contributed by atoms with Gasteiger partial charge in [-0.25, -0.2) is 4.68 Å². The van der Waals surface area contributed by atoms with Gasteiger partial charge in [0.1, 0.15) is 0 Å². The summed E-state index contributed by atoms with van der Waals surface area (Å²) in [5, 5.41) is 12.6. The number of hydrogen-bond acceptors (Lipinski definition) is 5. The lowest BCUT2D eigenvalue weighted by Gasteiger charge is -2.38. The fraction of sp³-hybridized carbons (Fsp3) is 0.409. The van der Waals surface area contributed by atoms with E-state index in [2.05, 4.69) is 86.8 Å². The van der Waals surface area contributed by atoms with Crippen LogP contribution in [0.5, 0.6) is 0 Å². The molecule has 1 aliphatic rings. The molecule has 1 aromatic heterocycles. The summed E-state index contributed by atoms with van der Waals surface area (Å²) < 4.78 is 1.96. The van der Waals surface area contributed by atoms with Crippen molar-refractivity contribution in [2.45, 2.75) is 32.5 Å². The van der Waals surface area contributed by atoms with Crippen LogP contribution in [0.2, 0.25) is 0 Å². The fourth-order valence-electron chi connectivity index (χ4n) is 4.00. The number of tetrazole rings is 1. The van der Waals surface area contributed by atoms with Crippen LogP contribution in [-0.4, -0.2) is 56.2 Å². The van der Waals surface area contributed by atoms with Gasteiger partial charge in [-0.15, -0.1) is 5.10 Å². The summed E-state index contributed by atoms with van der Waals surface area (Å²) in [6.45, 7) is 8.21. The molecule has 1 fully saturated rings. The molecule has 4 rings (SSSR count). The van der Waals surface area contributed by atoms with Crippen LogP contribution in [0, 0.1) is 0 Å². The molecule has 0 radical (unpaired) electrons. The second-order valence-electron chi connectivity index (χ2n) is 7.40. The van der Waals surface area contributed by atoms with E-state index in [0.29, 0.717) is 6.54 Å². The topological polar surface area (TPSA) is 50.1 Å². The Morgan fingerprint density at radius 1 is 0.821 bits per heavy atom. The number of nitrogens with zero attached hydrogens (tertiary/aromatic N) is 6. The van der Waals surface area contributed by atoms with E-state index in [1.165, 1.54) is 11.1 Å². The van der Waals surface area contributed by atoms with E-state index < -0.39 is 0 Å². The van der Waals surface area contributed by atoms with Crippen molar-refractivity contribution < 1.29 is 0 Å². The maximum atomic E-state index is 4.39. The van der Waals surface area contributed by atoms with Crippen LogP contribution in [0.25, 0.3) is 0 Å². The minimum absolute atomic E-state index is 0.262. The van der Waals surface area contributed by atoms with Gasteiger partial charge in [-0.1, -0.05) is 67.6 Å². The Labute approximate surface area is 166 Å².